The molecule has 2 aromatic carbocycles. The summed E-state index contributed by atoms with van der Waals surface area (Å²) in [6.07, 6.45) is -2.42. The Bertz CT molecular complexity index is 1360. The highest BCUT2D eigenvalue weighted by Crippen LogP contribution is 2.35. The lowest BCUT2D eigenvalue weighted by molar-refractivity contribution is -0.138. The number of piperazine rings is 1. The Labute approximate surface area is 224 Å². The van der Waals surface area contributed by atoms with Gasteiger partial charge in [0.2, 0.25) is 5.88 Å². The van der Waals surface area contributed by atoms with Crippen LogP contribution in [-0.4, -0.2) is 64.6 Å². The smallest absolute Gasteiger partial charge is 0.416 e. The number of hydrogen-bond donors (Lipinski definition) is 3. The lowest BCUT2D eigenvalue weighted by atomic mass is 10.0. The number of nitrogens with two attached hydrogens (primary N) is 1. The summed E-state index contributed by atoms with van der Waals surface area (Å²) < 4.78 is 47.7. The number of anilines is 2. The van der Waals surface area contributed by atoms with E-state index in [0.29, 0.717) is 18.7 Å². The number of nitrogen functional groups attached to an aromatic ring is 1. The van der Waals surface area contributed by atoms with E-state index in [1.165, 1.54) is 24.5 Å². The summed E-state index contributed by atoms with van der Waals surface area (Å²) in [5.74, 6) is -0.224. The number of halogens is 3. The number of rotatable bonds is 8. The molecular formula is C27H30F3N7O2. The summed E-state index contributed by atoms with van der Waals surface area (Å²) >= 11 is 0. The predicted octanol–water partition coefficient (Wildman–Crippen LogP) is 4.57. The Morgan fingerprint density at radius 1 is 1.13 bits per heavy atom. The number of carbonyl (C=O) groups is 1. The summed E-state index contributed by atoms with van der Waals surface area (Å²) in [6.45, 7) is 7.96. The first-order valence-electron chi connectivity index (χ1n) is 12.4. The molecule has 0 atom stereocenters. The highest BCUT2D eigenvalue weighted by Gasteiger charge is 2.34. The van der Waals surface area contributed by atoms with Crippen molar-refractivity contribution in [2.24, 2.45) is 0 Å². The van der Waals surface area contributed by atoms with E-state index in [1.807, 2.05) is 4.90 Å². The highest BCUT2D eigenvalue weighted by molar-refractivity contribution is 6.04. The fourth-order valence-corrected chi connectivity index (χ4v) is 4.33. The van der Waals surface area contributed by atoms with E-state index in [9.17, 15) is 18.0 Å². The van der Waals surface area contributed by atoms with Gasteiger partial charge >= 0.3 is 6.18 Å². The monoisotopic (exact) mass is 541 g/mol. The first-order valence-corrected chi connectivity index (χ1v) is 12.4. The van der Waals surface area contributed by atoms with E-state index in [-0.39, 0.29) is 46.4 Å². The van der Waals surface area contributed by atoms with Crippen LogP contribution in [-0.2, 0) is 12.7 Å². The zero-order valence-corrected chi connectivity index (χ0v) is 21.7. The number of amides is 1. The summed E-state index contributed by atoms with van der Waals surface area (Å²) in [7, 11) is 0. The van der Waals surface area contributed by atoms with Crippen LogP contribution in [0.2, 0.25) is 0 Å². The van der Waals surface area contributed by atoms with Crippen molar-refractivity contribution in [2.75, 3.05) is 43.8 Å². The van der Waals surface area contributed by atoms with Crippen molar-refractivity contribution in [2.45, 2.75) is 26.6 Å². The Morgan fingerprint density at radius 2 is 1.85 bits per heavy atom. The molecule has 1 aromatic heterocycles. The maximum atomic E-state index is 14.0. The molecule has 12 heteroatoms. The number of likely N-dealkylation sites (N-methyl/N-ethyl adjacent to an activating group) is 1. The number of aromatic nitrogens is 2. The van der Waals surface area contributed by atoms with E-state index < -0.39 is 17.6 Å². The van der Waals surface area contributed by atoms with Crippen molar-refractivity contribution in [1.29, 1.82) is 5.41 Å². The molecule has 4 N–H and O–H groups in total. The molecule has 0 aliphatic carbocycles. The summed E-state index contributed by atoms with van der Waals surface area (Å²) in [5, 5.41) is 10.1. The van der Waals surface area contributed by atoms with Crippen molar-refractivity contribution in [3.05, 3.63) is 70.5 Å². The lowest BCUT2D eigenvalue weighted by Crippen LogP contribution is -2.45. The molecule has 1 aliphatic rings. The molecule has 39 heavy (non-hydrogen) atoms. The number of nitrogens with zero attached hydrogens (tertiary/aromatic N) is 4. The van der Waals surface area contributed by atoms with Gasteiger partial charge in [0.25, 0.3) is 5.91 Å². The summed E-state index contributed by atoms with van der Waals surface area (Å²) in [6, 6.07) is 8.51. The van der Waals surface area contributed by atoms with Gasteiger partial charge in [-0.05, 0) is 48.9 Å². The summed E-state index contributed by atoms with van der Waals surface area (Å²) in [4.78, 5) is 25.1. The van der Waals surface area contributed by atoms with Gasteiger partial charge in [-0.1, -0.05) is 19.1 Å². The fourth-order valence-electron chi connectivity index (χ4n) is 4.33. The number of benzene rings is 2. The molecule has 3 aromatic rings. The third-order valence-corrected chi connectivity index (χ3v) is 6.66. The third kappa shape index (κ3) is 6.70. The Morgan fingerprint density at radius 3 is 2.51 bits per heavy atom. The Kier molecular flexibility index (Phi) is 8.46. The van der Waals surface area contributed by atoms with Crippen LogP contribution in [0.1, 0.15) is 39.5 Å². The maximum absolute atomic E-state index is 14.0. The number of carbonyl (C=O) groups excluding carboxylic acids is 1. The van der Waals surface area contributed by atoms with Gasteiger partial charge in [-0.2, -0.15) is 13.2 Å². The minimum Gasteiger partial charge on any atom is -0.438 e. The van der Waals surface area contributed by atoms with Crippen molar-refractivity contribution >= 4 is 23.6 Å². The number of alkyl halides is 3. The zero-order valence-electron chi connectivity index (χ0n) is 21.7. The van der Waals surface area contributed by atoms with Crippen LogP contribution in [0.3, 0.4) is 0 Å². The molecule has 2 heterocycles. The molecule has 1 amide bonds. The van der Waals surface area contributed by atoms with E-state index in [2.05, 4.69) is 27.1 Å². The van der Waals surface area contributed by atoms with E-state index in [0.717, 1.165) is 31.9 Å². The molecule has 0 unspecified atom stereocenters. The van der Waals surface area contributed by atoms with Crippen LogP contribution in [0.5, 0.6) is 11.6 Å². The third-order valence-electron chi connectivity index (χ3n) is 6.66. The highest BCUT2D eigenvalue weighted by atomic mass is 19.4. The molecule has 206 valence electrons. The van der Waals surface area contributed by atoms with Crippen LogP contribution in [0.15, 0.2) is 42.7 Å². The van der Waals surface area contributed by atoms with Crippen molar-refractivity contribution in [3.8, 4) is 11.6 Å². The number of aryl methyl sites for hydroxylation is 1. The normalized spacial score (nSPS) is 14.7. The minimum absolute atomic E-state index is 0.0320. The molecule has 1 fully saturated rings. The van der Waals surface area contributed by atoms with Gasteiger partial charge in [-0.3, -0.25) is 9.69 Å². The van der Waals surface area contributed by atoms with Gasteiger partial charge in [0.1, 0.15) is 17.9 Å². The molecular weight excluding hydrogens is 511 g/mol. The predicted molar refractivity (Wildman–Crippen MR) is 142 cm³/mol. The molecule has 9 nitrogen and oxygen atoms in total. The van der Waals surface area contributed by atoms with Crippen molar-refractivity contribution in [3.63, 3.8) is 0 Å². The number of nitrogens with one attached hydrogen (secondary N) is 2. The van der Waals surface area contributed by atoms with Crippen LogP contribution in [0, 0.1) is 12.3 Å². The minimum atomic E-state index is -4.57. The largest absolute Gasteiger partial charge is 0.438 e. The molecule has 1 aliphatic heterocycles. The SMILES string of the molecule is CCN1CCN(Cc2ccc(NC(=O)c3ccc(C)c(Oc4ncnc(N)c4C=N)c3)cc2C(F)(F)F)CC1. The molecule has 0 bridgehead atoms. The number of hydrogen-bond acceptors (Lipinski definition) is 8. The average molecular weight is 542 g/mol. The Balaban J connectivity index is 1.52. The van der Waals surface area contributed by atoms with Gasteiger partial charge in [0, 0.05) is 50.2 Å². The van der Waals surface area contributed by atoms with E-state index >= 15 is 0 Å². The van der Waals surface area contributed by atoms with Gasteiger partial charge in [-0.15, -0.1) is 0 Å². The second kappa shape index (κ2) is 11.8. The van der Waals surface area contributed by atoms with Gasteiger partial charge in [0.15, 0.2) is 0 Å². The summed E-state index contributed by atoms with van der Waals surface area (Å²) in [5.41, 5.74) is 6.22. The number of ether oxygens (including phenoxy) is 1. The van der Waals surface area contributed by atoms with Crippen LogP contribution in [0.25, 0.3) is 0 Å². The Hall–Kier alpha value is -4.03. The van der Waals surface area contributed by atoms with E-state index in [4.69, 9.17) is 15.9 Å². The molecule has 4 rings (SSSR count). The van der Waals surface area contributed by atoms with Crippen LogP contribution >= 0.6 is 0 Å². The quantitative estimate of drug-likeness (QED) is 0.358. The molecule has 1 saturated heterocycles. The first kappa shape index (κ1) is 28.0. The van der Waals surface area contributed by atoms with Crippen molar-refractivity contribution in [1.82, 2.24) is 19.8 Å². The van der Waals surface area contributed by atoms with Crippen LogP contribution in [0.4, 0.5) is 24.7 Å². The van der Waals surface area contributed by atoms with Gasteiger partial charge in [0.05, 0.1) is 11.1 Å². The van der Waals surface area contributed by atoms with Crippen molar-refractivity contribution < 1.29 is 22.7 Å². The second-order valence-corrected chi connectivity index (χ2v) is 9.24. The molecule has 0 saturated carbocycles. The topological polar surface area (TPSA) is 120 Å². The molecule has 0 radical (unpaired) electrons. The first-order chi connectivity index (χ1) is 18.6. The van der Waals surface area contributed by atoms with Crippen LogP contribution < -0.4 is 15.8 Å². The van der Waals surface area contributed by atoms with Gasteiger partial charge < -0.3 is 26.1 Å². The zero-order chi connectivity index (χ0) is 28.2. The standard InChI is InChI=1S/C27H30F3N7O2/c1-3-36-8-10-37(11-9-36)15-19-6-7-20(13-22(19)27(28,29)30)35-25(38)18-5-4-17(2)23(12-18)39-26-21(14-31)24(32)33-16-34-26/h4-7,12-14,16,31H,3,8-11,15H2,1-2H3,(H,35,38)(H2,32,33,34). The molecule has 0 spiro atoms. The lowest BCUT2D eigenvalue weighted by Gasteiger charge is -2.34. The second-order valence-electron chi connectivity index (χ2n) is 9.24. The maximum Gasteiger partial charge on any atom is 0.416 e. The van der Waals surface area contributed by atoms with E-state index in [1.54, 1.807) is 19.1 Å². The fraction of sp³-hybridized carbons (Fsp3) is 0.333. The van der Waals surface area contributed by atoms with Gasteiger partial charge in [-0.25, -0.2) is 9.97 Å². The average Bonchev–Trinajstić information content (AvgIpc) is 2.90.